The summed E-state index contributed by atoms with van der Waals surface area (Å²) in [6, 6.07) is 18.3. The lowest BCUT2D eigenvalue weighted by Crippen LogP contribution is -2.15. The fraction of sp³-hybridized carbons (Fsp3) is 0.105. The van der Waals surface area contributed by atoms with Crippen molar-refractivity contribution >= 4 is 22.4 Å². The van der Waals surface area contributed by atoms with E-state index in [0.717, 1.165) is 21.9 Å². The number of halogens is 1. The van der Waals surface area contributed by atoms with E-state index in [9.17, 15) is 9.18 Å². The lowest BCUT2D eigenvalue weighted by atomic mass is 10.0. The zero-order chi connectivity index (χ0) is 15.5. The Kier molecular flexibility index (Phi) is 3.88. The number of carbonyl (C=O) groups excluding carboxylic acids is 1. The molecule has 0 aliphatic heterocycles. The molecular formula is C19H16FNO. The first-order chi connectivity index (χ1) is 10.6. The summed E-state index contributed by atoms with van der Waals surface area (Å²) >= 11 is 0. The summed E-state index contributed by atoms with van der Waals surface area (Å²) in [6.45, 7) is 1.84. The topological polar surface area (TPSA) is 29.1 Å². The van der Waals surface area contributed by atoms with Gasteiger partial charge in [0.2, 0.25) is 5.91 Å². The fourth-order valence-electron chi connectivity index (χ4n) is 2.54. The summed E-state index contributed by atoms with van der Waals surface area (Å²) in [5.41, 5.74) is 2.32. The Morgan fingerprint density at radius 3 is 2.68 bits per heavy atom. The second-order valence-electron chi connectivity index (χ2n) is 5.32. The van der Waals surface area contributed by atoms with Crippen molar-refractivity contribution in [3.63, 3.8) is 0 Å². The molecule has 2 nitrogen and oxygen atoms in total. The molecule has 0 unspecified atom stereocenters. The van der Waals surface area contributed by atoms with Gasteiger partial charge in [0, 0.05) is 5.69 Å². The SMILES string of the molecule is Cc1ccc(F)cc1NC(=O)Cc1cccc2ccccc12. The normalized spacial score (nSPS) is 10.6. The van der Waals surface area contributed by atoms with Crippen LogP contribution in [0.25, 0.3) is 10.8 Å². The minimum absolute atomic E-state index is 0.148. The minimum Gasteiger partial charge on any atom is -0.325 e. The van der Waals surface area contributed by atoms with Gasteiger partial charge in [-0.25, -0.2) is 4.39 Å². The molecule has 3 rings (SSSR count). The van der Waals surface area contributed by atoms with E-state index >= 15 is 0 Å². The molecule has 0 bridgehead atoms. The Morgan fingerprint density at radius 1 is 1.05 bits per heavy atom. The third-order valence-electron chi connectivity index (χ3n) is 3.70. The van der Waals surface area contributed by atoms with Crippen molar-refractivity contribution in [2.24, 2.45) is 0 Å². The van der Waals surface area contributed by atoms with Gasteiger partial charge in [0.1, 0.15) is 5.82 Å². The summed E-state index contributed by atoms with van der Waals surface area (Å²) in [5.74, 6) is -0.504. The number of hydrogen-bond donors (Lipinski definition) is 1. The highest BCUT2D eigenvalue weighted by Gasteiger charge is 2.09. The van der Waals surface area contributed by atoms with Crippen LogP contribution in [0.2, 0.25) is 0 Å². The average Bonchev–Trinajstić information content (AvgIpc) is 2.51. The third kappa shape index (κ3) is 2.98. The first-order valence-electron chi connectivity index (χ1n) is 7.16. The van der Waals surface area contributed by atoms with Gasteiger partial charge >= 0.3 is 0 Å². The van der Waals surface area contributed by atoms with Gasteiger partial charge in [-0.2, -0.15) is 0 Å². The first-order valence-corrected chi connectivity index (χ1v) is 7.16. The minimum atomic E-state index is -0.355. The van der Waals surface area contributed by atoms with Crippen LogP contribution >= 0.6 is 0 Å². The Morgan fingerprint density at radius 2 is 1.82 bits per heavy atom. The summed E-state index contributed by atoms with van der Waals surface area (Å²) in [4.78, 5) is 12.3. The van der Waals surface area contributed by atoms with Gasteiger partial charge in [-0.15, -0.1) is 0 Å². The molecule has 0 radical (unpaired) electrons. The van der Waals surface area contributed by atoms with Gasteiger partial charge in [-0.1, -0.05) is 48.5 Å². The van der Waals surface area contributed by atoms with E-state index in [0.29, 0.717) is 5.69 Å². The lowest BCUT2D eigenvalue weighted by molar-refractivity contribution is -0.115. The number of anilines is 1. The Balaban J connectivity index is 1.83. The molecule has 0 aliphatic rings. The molecule has 22 heavy (non-hydrogen) atoms. The number of fused-ring (bicyclic) bond motifs is 1. The van der Waals surface area contributed by atoms with Crippen molar-refractivity contribution in [2.45, 2.75) is 13.3 Å². The van der Waals surface area contributed by atoms with Crippen molar-refractivity contribution in [1.82, 2.24) is 0 Å². The molecule has 0 aromatic heterocycles. The lowest BCUT2D eigenvalue weighted by Gasteiger charge is -2.10. The second kappa shape index (κ2) is 5.98. The number of amides is 1. The van der Waals surface area contributed by atoms with Crippen LogP contribution < -0.4 is 5.32 Å². The molecule has 3 heteroatoms. The Bertz CT molecular complexity index is 836. The molecule has 110 valence electrons. The molecule has 0 atom stereocenters. The van der Waals surface area contributed by atoms with E-state index in [2.05, 4.69) is 5.32 Å². The molecule has 3 aromatic carbocycles. The Hall–Kier alpha value is -2.68. The molecule has 0 fully saturated rings. The standard InChI is InChI=1S/C19H16FNO/c1-13-9-10-16(20)12-18(13)21-19(22)11-15-7-4-6-14-5-2-3-8-17(14)15/h2-10,12H,11H2,1H3,(H,21,22). The highest BCUT2D eigenvalue weighted by Crippen LogP contribution is 2.20. The van der Waals surface area contributed by atoms with Gasteiger partial charge in [-0.3, -0.25) is 4.79 Å². The number of carbonyl (C=O) groups is 1. The van der Waals surface area contributed by atoms with Gasteiger partial charge in [0.15, 0.2) is 0 Å². The Labute approximate surface area is 128 Å². The van der Waals surface area contributed by atoms with E-state index in [4.69, 9.17) is 0 Å². The van der Waals surface area contributed by atoms with Gasteiger partial charge in [0.25, 0.3) is 0 Å². The summed E-state index contributed by atoms with van der Waals surface area (Å²) in [5, 5.41) is 4.96. The van der Waals surface area contributed by atoms with Crippen molar-refractivity contribution in [3.05, 3.63) is 77.6 Å². The van der Waals surface area contributed by atoms with Crippen LogP contribution in [0.3, 0.4) is 0 Å². The van der Waals surface area contributed by atoms with E-state index in [1.165, 1.54) is 12.1 Å². The zero-order valence-electron chi connectivity index (χ0n) is 12.3. The van der Waals surface area contributed by atoms with Crippen LogP contribution in [0.5, 0.6) is 0 Å². The van der Waals surface area contributed by atoms with Crippen molar-refractivity contribution in [2.75, 3.05) is 5.32 Å². The number of benzene rings is 3. The zero-order valence-corrected chi connectivity index (χ0v) is 12.3. The maximum absolute atomic E-state index is 13.3. The molecular weight excluding hydrogens is 277 g/mol. The largest absolute Gasteiger partial charge is 0.325 e. The van der Waals surface area contributed by atoms with Crippen LogP contribution in [0, 0.1) is 12.7 Å². The van der Waals surface area contributed by atoms with E-state index in [-0.39, 0.29) is 18.1 Å². The number of rotatable bonds is 3. The predicted molar refractivity (Wildman–Crippen MR) is 87.4 cm³/mol. The number of nitrogens with one attached hydrogen (secondary N) is 1. The second-order valence-corrected chi connectivity index (χ2v) is 5.32. The predicted octanol–water partition coefficient (Wildman–Crippen LogP) is 4.47. The highest BCUT2D eigenvalue weighted by atomic mass is 19.1. The summed E-state index contributed by atoms with van der Waals surface area (Å²) in [7, 11) is 0. The van der Waals surface area contributed by atoms with E-state index < -0.39 is 0 Å². The number of hydrogen-bond acceptors (Lipinski definition) is 1. The van der Waals surface area contributed by atoms with Crippen LogP contribution in [-0.2, 0) is 11.2 Å². The molecule has 0 spiro atoms. The van der Waals surface area contributed by atoms with E-state index in [1.54, 1.807) is 6.07 Å². The molecule has 0 aliphatic carbocycles. The number of aryl methyl sites for hydroxylation is 1. The molecule has 3 aromatic rings. The monoisotopic (exact) mass is 293 g/mol. The van der Waals surface area contributed by atoms with Gasteiger partial charge < -0.3 is 5.32 Å². The summed E-state index contributed by atoms with van der Waals surface area (Å²) in [6.07, 6.45) is 0.261. The molecule has 0 heterocycles. The van der Waals surface area contributed by atoms with Gasteiger partial charge in [0.05, 0.1) is 6.42 Å². The van der Waals surface area contributed by atoms with Crippen molar-refractivity contribution < 1.29 is 9.18 Å². The summed E-state index contributed by atoms with van der Waals surface area (Å²) < 4.78 is 13.3. The maximum Gasteiger partial charge on any atom is 0.228 e. The molecule has 0 saturated heterocycles. The molecule has 1 amide bonds. The van der Waals surface area contributed by atoms with Crippen molar-refractivity contribution in [3.8, 4) is 0 Å². The quantitative estimate of drug-likeness (QED) is 0.758. The molecule has 0 saturated carbocycles. The molecule has 1 N–H and O–H groups in total. The van der Waals surface area contributed by atoms with Gasteiger partial charge in [-0.05, 0) is 41.0 Å². The smallest absolute Gasteiger partial charge is 0.228 e. The highest BCUT2D eigenvalue weighted by molar-refractivity contribution is 5.96. The maximum atomic E-state index is 13.3. The van der Waals surface area contributed by atoms with Crippen LogP contribution in [0.1, 0.15) is 11.1 Å². The fourth-order valence-corrected chi connectivity index (χ4v) is 2.54. The third-order valence-corrected chi connectivity index (χ3v) is 3.70. The van der Waals surface area contributed by atoms with E-state index in [1.807, 2.05) is 49.4 Å². The van der Waals surface area contributed by atoms with Crippen LogP contribution in [0.4, 0.5) is 10.1 Å². The average molecular weight is 293 g/mol. The van der Waals surface area contributed by atoms with Crippen LogP contribution in [0.15, 0.2) is 60.7 Å². The van der Waals surface area contributed by atoms with Crippen LogP contribution in [-0.4, -0.2) is 5.91 Å². The van der Waals surface area contributed by atoms with Crippen molar-refractivity contribution in [1.29, 1.82) is 0 Å². The first kappa shape index (κ1) is 14.3.